The Morgan fingerprint density at radius 2 is 1.83 bits per heavy atom. The molecule has 0 spiro atoms. The number of carbonyl (C=O) groups excluding carboxylic acids is 2. The highest BCUT2D eigenvalue weighted by Crippen LogP contribution is 2.24. The number of nitrogens with zero attached hydrogens (tertiary/aromatic N) is 1. The Hall–Kier alpha value is -3.50. The number of amides is 1. The largest absolute Gasteiger partial charge is 0.479 e. The van der Waals surface area contributed by atoms with Crippen LogP contribution in [0, 0.1) is 11.3 Å². The zero-order chi connectivity index (χ0) is 21.2. The minimum Gasteiger partial charge on any atom is -0.479 e. The molecule has 0 fully saturated rings. The number of esters is 1. The molecule has 29 heavy (non-hydrogen) atoms. The molecule has 0 bridgehead atoms. The molecule has 8 heteroatoms. The summed E-state index contributed by atoms with van der Waals surface area (Å²) >= 11 is 6.03. The van der Waals surface area contributed by atoms with Crippen LogP contribution in [-0.2, 0) is 14.3 Å². The van der Waals surface area contributed by atoms with Gasteiger partial charge in [-0.1, -0.05) is 23.7 Å². The van der Waals surface area contributed by atoms with Gasteiger partial charge in [-0.25, -0.2) is 4.79 Å². The van der Waals surface area contributed by atoms with Gasteiger partial charge < -0.3 is 20.1 Å². The fourth-order valence-corrected chi connectivity index (χ4v) is 2.36. The molecular weight excluding hydrogens is 394 g/mol. The van der Waals surface area contributed by atoms with E-state index in [1.54, 1.807) is 68.4 Å². The van der Waals surface area contributed by atoms with Gasteiger partial charge in [-0.15, -0.1) is 0 Å². The number of ether oxygens (including phenoxy) is 2. The third-order valence-corrected chi connectivity index (χ3v) is 3.97. The summed E-state index contributed by atoms with van der Waals surface area (Å²) in [6, 6.07) is 15.4. The van der Waals surface area contributed by atoms with Crippen molar-refractivity contribution in [2.75, 3.05) is 17.2 Å². The number of benzene rings is 2. The van der Waals surface area contributed by atoms with Gasteiger partial charge in [0.1, 0.15) is 11.8 Å². The van der Waals surface area contributed by atoms with Crippen molar-refractivity contribution in [2.45, 2.75) is 20.0 Å². The molecule has 0 aliphatic carbocycles. The lowest BCUT2D eigenvalue weighted by Crippen LogP contribution is -2.30. The molecule has 1 amide bonds. The second-order valence-corrected chi connectivity index (χ2v) is 6.20. The molecule has 2 aromatic carbocycles. The lowest BCUT2D eigenvalue weighted by atomic mass is 10.2. The maximum absolute atomic E-state index is 12.3. The van der Waals surface area contributed by atoms with Crippen molar-refractivity contribution in [1.82, 2.24) is 0 Å². The highest BCUT2D eigenvalue weighted by atomic mass is 35.5. The number of nitrogens with one attached hydrogen (secondary N) is 2. The first-order chi connectivity index (χ1) is 13.9. The number of rotatable bonds is 8. The number of nitriles is 1. The zero-order valence-corrected chi connectivity index (χ0v) is 16.7. The SMILES string of the molecule is CCOC(=O)/C(C#N)=C/Nc1ccc(NC(=O)C(C)Oc2ccccc2Cl)cc1. The second-order valence-electron chi connectivity index (χ2n) is 5.79. The quantitative estimate of drug-likeness (QED) is 0.383. The van der Waals surface area contributed by atoms with E-state index in [0.29, 0.717) is 22.1 Å². The van der Waals surface area contributed by atoms with Crippen LogP contribution in [0.1, 0.15) is 13.8 Å². The van der Waals surface area contributed by atoms with Crippen LogP contribution in [0.15, 0.2) is 60.3 Å². The molecular formula is C21H20ClN3O4. The van der Waals surface area contributed by atoms with Crippen LogP contribution in [0.2, 0.25) is 5.02 Å². The standard InChI is InChI=1S/C21H20ClN3O4/c1-3-28-21(27)15(12-23)13-24-16-8-10-17(11-9-16)25-20(26)14(2)29-19-7-5-4-6-18(19)22/h4-11,13-14,24H,3H2,1-2H3,(H,25,26)/b15-13+. The Labute approximate surface area is 173 Å². The molecule has 0 radical (unpaired) electrons. The van der Waals surface area contributed by atoms with Crippen molar-refractivity contribution in [3.05, 3.63) is 65.3 Å². The van der Waals surface area contributed by atoms with Gasteiger partial charge in [0, 0.05) is 17.6 Å². The molecule has 7 nitrogen and oxygen atoms in total. The highest BCUT2D eigenvalue weighted by Gasteiger charge is 2.16. The lowest BCUT2D eigenvalue weighted by Gasteiger charge is -2.15. The maximum Gasteiger partial charge on any atom is 0.350 e. The van der Waals surface area contributed by atoms with Crippen molar-refractivity contribution >= 4 is 34.9 Å². The smallest absolute Gasteiger partial charge is 0.350 e. The van der Waals surface area contributed by atoms with Gasteiger partial charge in [-0.2, -0.15) is 5.26 Å². The molecule has 150 valence electrons. The first kappa shape index (κ1) is 21.8. The van der Waals surface area contributed by atoms with Crippen molar-refractivity contribution in [2.24, 2.45) is 0 Å². The van der Waals surface area contributed by atoms with Crippen LogP contribution in [0.5, 0.6) is 5.75 Å². The summed E-state index contributed by atoms with van der Waals surface area (Å²) in [5.41, 5.74) is 1.04. The van der Waals surface area contributed by atoms with Crippen LogP contribution in [0.4, 0.5) is 11.4 Å². The summed E-state index contributed by atoms with van der Waals surface area (Å²) in [7, 11) is 0. The number of anilines is 2. The van der Waals surface area contributed by atoms with Gasteiger partial charge in [-0.05, 0) is 50.2 Å². The Balaban J connectivity index is 1.94. The summed E-state index contributed by atoms with van der Waals surface area (Å²) in [6.07, 6.45) is 0.517. The average molecular weight is 414 g/mol. The maximum atomic E-state index is 12.3. The fraction of sp³-hybridized carbons (Fsp3) is 0.190. The Morgan fingerprint density at radius 3 is 2.45 bits per heavy atom. The van der Waals surface area contributed by atoms with Crippen LogP contribution >= 0.6 is 11.6 Å². The number of halogens is 1. The van der Waals surface area contributed by atoms with E-state index < -0.39 is 12.1 Å². The predicted molar refractivity (Wildman–Crippen MR) is 111 cm³/mol. The molecule has 2 rings (SSSR count). The topological polar surface area (TPSA) is 100 Å². The van der Waals surface area contributed by atoms with E-state index in [2.05, 4.69) is 10.6 Å². The molecule has 0 aliphatic rings. The van der Waals surface area contributed by atoms with E-state index in [9.17, 15) is 9.59 Å². The molecule has 0 aromatic heterocycles. The molecule has 0 saturated carbocycles. The number of para-hydroxylation sites is 1. The van der Waals surface area contributed by atoms with Crippen molar-refractivity contribution in [3.8, 4) is 11.8 Å². The van der Waals surface area contributed by atoms with Crippen molar-refractivity contribution < 1.29 is 19.1 Å². The predicted octanol–water partition coefficient (Wildman–Crippen LogP) is 4.13. The van der Waals surface area contributed by atoms with E-state index in [4.69, 9.17) is 26.3 Å². The molecule has 2 aromatic rings. The second kappa shape index (κ2) is 10.7. The molecule has 1 atom stereocenters. The third kappa shape index (κ3) is 6.55. The molecule has 2 N–H and O–H groups in total. The van der Waals surface area contributed by atoms with Gasteiger partial charge in [0.25, 0.3) is 5.91 Å². The fourth-order valence-electron chi connectivity index (χ4n) is 2.18. The first-order valence-corrected chi connectivity index (χ1v) is 9.18. The van der Waals surface area contributed by atoms with Gasteiger partial charge in [0.05, 0.1) is 11.6 Å². The minimum atomic E-state index is -0.751. The van der Waals surface area contributed by atoms with Gasteiger partial charge in [-0.3, -0.25) is 4.79 Å². The summed E-state index contributed by atoms with van der Waals surface area (Å²) < 4.78 is 10.4. The Bertz CT molecular complexity index is 936. The van der Waals surface area contributed by atoms with Gasteiger partial charge >= 0.3 is 5.97 Å². The van der Waals surface area contributed by atoms with E-state index in [-0.39, 0.29) is 18.1 Å². The molecule has 0 heterocycles. The van der Waals surface area contributed by atoms with Gasteiger partial charge in [0.2, 0.25) is 0 Å². The first-order valence-electron chi connectivity index (χ1n) is 8.80. The van der Waals surface area contributed by atoms with E-state index in [0.717, 1.165) is 0 Å². The van der Waals surface area contributed by atoms with E-state index in [1.165, 1.54) is 6.20 Å². The molecule has 0 saturated heterocycles. The number of carbonyl (C=O) groups is 2. The molecule has 1 unspecified atom stereocenters. The lowest BCUT2D eigenvalue weighted by molar-refractivity contribution is -0.138. The van der Waals surface area contributed by atoms with E-state index in [1.807, 2.05) is 0 Å². The summed E-state index contributed by atoms with van der Waals surface area (Å²) in [4.78, 5) is 23.9. The zero-order valence-electron chi connectivity index (χ0n) is 15.9. The third-order valence-electron chi connectivity index (χ3n) is 3.66. The van der Waals surface area contributed by atoms with E-state index >= 15 is 0 Å². The van der Waals surface area contributed by atoms with Crippen molar-refractivity contribution in [1.29, 1.82) is 5.26 Å². The van der Waals surface area contributed by atoms with Gasteiger partial charge in [0.15, 0.2) is 11.7 Å². The Morgan fingerprint density at radius 1 is 1.17 bits per heavy atom. The van der Waals surface area contributed by atoms with Crippen LogP contribution in [-0.4, -0.2) is 24.6 Å². The normalized spacial score (nSPS) is 11.7. The highest BCUT2D eigenvalue weighted by molar-refractivity contribution is 6.32. The van der Waals surface area contributed by atoms with Crippen LogP contribution < -0.4 is 15.4 Å². The minimum absolute atomic E-state index is 0.144. The monoisotopic (exact) mass is 413 g/mol. The van der Waals surface area contributed by atoms with Crippen LogP contribution in [0.3, 0.4) is 0 Å². The Kier molecular flexibility index (Phi) is 8.07. The summed E-state index contributed by atoms with van der Waals surface area (Å²) in [5, 5.41) is 15.0. The molecule has 0 aliphatic heterocycles. The summed E-state index contributed by atoms with van der Waals surface area (Å²) in [6.45, 7) is 3.47. The summed E-state index contributed by atoms with van der Waals surface area (Å²) in [5.74, 6) is -0.600. The number of hydrogen-bond acceptors (Lipinski definition) is 6. The van der Waals surface area contributed by atoms with Crippen molar-refractivity contribution in [3.63, 3.8) is 0 Å². The van der Waals surface area contributed by atoms with Crippen LogP contribution in [0.25, 0.3) is 0 Å². The number of hydrogen-bond donors (Lipinski definition) is 2. The average Bonchev–Trinajstić information content (AvgIpc) is 2.71.